The van der Waals surface area contributed by atoms with Crippen molar-refractivity contribution >= 4 is 28.6 Å². The largest absolute Gasteiger partial charge is 0.388 e. The summed E-state index contributed by atoms with van der Waals surface area (Å²) in [5.41, 5.74) is 5.77. The minimum Gasteiger partial charge on any atom is -0.388 e. The average Bonchev–Trinajstić information content (AvgIpc) is 3.07. The van der Waals surface area contributed by atoms with Crippen LogP contribution < -0.4 is 11.1 Å². The maximum absolute atomic E-state index is 11.0. The zero-order valence-electron chi connectivity index (χ0n) is 11.2. The van der Waals surface area contributed by atoms with E-state index in [2.05, 4.69) is 5.32 Å². The molecule has 2 heterocycles. The van der Waals surface area contributed by atoms with Crippen LogP contribution in [0, 0.1) is 0 Å². The standard InChI is InChI=1S/C14H18N2O2S2/c1-9(5-12(17)13-3-2-4-19-13)16-7-11-6-10(8-20-11)14(15)18/h2-4,6,8-9,12,16-17H,5,7H2,1H3,(H2,15,18). The molecule has 2 aromatic rings. The molecule has 0 aliphatic carbocycles. The van der Waals surface area contributed by atoms with E-state index >= 15 is 0 Å². The van der Waals surface area contributed by atoms with E-state index in [4.69, 9.17) is 5.73 Å². The first-order valence-corrected chi connectivity index (χ1v) is 8.14. The van der Waals surface area contributed by atoms with Crippen molar-refractivity contribution in [1.82, 2.24) is 5.32 Å². The molecule has 0 aliphatic rings. The minimum absolute atomic E-state index is 0.186. The number of amides is 1. The molecule has 0 bridgehead atoms. The number of hydrogen-bond acceptors (Lipinski definition) is 5. The molecule has 2 atom stereocenters. The fraction of sp³-hybridized carbons (Fsp3) is 0.357. The number of aliphatic hydroxyl groups excluding tert-OH is 1. The summed E-state index contributed by atoms with van der Waals surface area (Å²) in [4.78, 5) is 13.1. The maximum atomic E-state index is 11.0. The van der Waals surface area contributed by atoms with Crippen molar-refractivity contribution in [2.24, 2.45) is 5.73 Å². The van der Waals surface area contributed by atoms with Crippen molar-refractivity contribution in [3.8, 4) is 0 Å². The lowest BCUT2D eigenvalue weighted by Gasteiger charge is -2.16. The van der Waals surface area contributed by atoms with Gasteiger partial charge in [-0.15, -0.1) is 22.7 Å². The highest BCUT2D eigenvalue weighted by atomic mass is 32.1. The number of aliphatic hydroxyl groups is 1. The molecule has 0 saturated heterocycles. The Bertz CT molecular complexity index is 551. The van der Waals surface area contributed by atoms with Crippen molar-refractivity contribution < 1.29 is 9.90 Å². The van der Waals surface area contributed by atoms with Gasteiger partial charge >= 0.3 is 0 Å². The number of hydrogen-bond donors (Lipinski definition) is 3. The van der Waals surface area contributed by atoms with Crippen molar-refractivity contribution in [2.45, 2.75) is 32.0 Å². The third-order valence-corrected chi connectivity index (χ3v) is 4.92. The average molecular weight is 310 g/mol. The lowest BCUT2D eigenvalue weighted by molar-refractivity contribution is 0.100. The zero-order valence-corrected chi connectivity index (χ0v) is 12.8. The van der Waals surface area contributed by atoms with E-state index in [1.807, 2.05) is 30.5 Å². The SMILES string of the molecule is CC(CC(O)c1cccs1)NCc1cc(C(N)=O)cs1. The molecule has 1 amide bonds. The first-order valence-electron chi connectivity index (χ1n) is 6.38. The van der Waals surface area contributed by atoms with E-state index in [-0.39, 0.29) is 6.04 Å². The first kappa shape index (κ1) is 15.2. The fourth-order valence-corrected chi connectivity index (χ4v) is 3.44. The van der Waals surface area contributed by atoms with Crippen molar-refractivity contribution in [1.29, 1.82) is 0 Å². The van der Waals surface area contributed by atoms with E-state index in [0.29, 0.717) is 18.5 Å². The third kappa shape index (κ3) is 4.14. The normalized spacial score (nSPS) is 14.1. The Morgan fingerprint density at radius 2 is 2.30 bits per heavy atom. The Kier molecular flexibility index (Phi) is 5.31. The second kappa shape index (κ2) is 6.99. The molecule has 0 radical (unpaired) electrons. The second-order valence-corrected chi connectivity index (χ2v) is 6.69. The lowest BCUT2D eigenvalue weighted by atomic mass is 10.1. The van der Waals surface area contributed by atoms with Crippen molar-refractivity contribution in [3.05, 3.63) is 44.3 Å². The van der Waals surface area contributed by atoms with E-state index < -0.39 is 12.0 Å². The van der Waals surface area contributed by atoms with Crippen LogP contribution in [0.2, 0.25) is 0 Å². The van der Waals surface area contributed by atoms with Crippen LogP contribution in [0.1, 0.15) is 39.6 Å². The summed E-state index contributed by atoms with van der Waals surface area (Å²) in [6, 6.07) is 5.88. The van der Waals surface area contributed by atoms with Crippen LogP contribution in [0.15, 0.2) is 29.0 Å². The molecule has 2 rings (SSSR count). The Balaban J connectivity index is 1.79. The Hall–Kier alpha value is -1.21. The van der Waals surface area contributed by atoms with Gasteiger partial charge in [0.05, 0.1) is 11.7 Å². The molecule has 0 aromatic carbocycles. The van der Waals surface area contributed by atoms with Gasteiger partial charge in [0.15, 0.2) is 0 Å². The van der Waals surface area contributed by atoms with Crippen LogP contribution in [0.5, 0.6) is 0 Å². The molecule has 6 heteroatoms. The highest BCUT2D eigenvalue weighted by Crippen LogP contribution is 2.23. The number of nitrogens with two attached hydrogens (primary N) is 1. The van der Waals surface area contributed by atoms with Crippen molar-refractivity contribution in [3.63, 3.8) is 0 Å². The topological polar surface area (TPSA) is 75.3 Å². The summed E-state index contributed by atoms with van der Waals surface area (Å²) in [7, 11) is 0. The first-order chi connectivity index (χ1) is 9.56. The molecule has 20 heavy (non-hydrogen) atoms. The summed E-state index contributed by atoms with van der Waals surface area (Å²) >= 11 is 3.08. The van der Waals surface area contributed by atoms with Gasteiger partial charge in [-0.3, -0.25) is 4.79 Å². The van der Waals surface area contributed by atoms with E-state index in [1.165, 1.54) is 11.3 Å². The van der Waals surface area contributed by atoms with Crippen molar-refractivity contribution in [2.75, 3.05) is 0 Å². The van der Waals surface area contributed by atoms with Crippen LogP contribution in [0.3, 0.4) is 0 Å². The van der Waals surface area contributed by atoms with E-state index in [1.54, 1.807) is 16.7 Å². The molecule has 2 aromatic heterocycles. The predicted octanol–water partition coefficient (Wildman–Crippen LogP) is 2.51. The van der Waals surface area contributed by atoms with Crippen LogP contribution in [-0.4, -0.2) is 17.1 Å². The number of carbonyl (C=O) groups is 1. The molecule has 0 fully saturated rings. The molecule has 4 N–H and O–H groups in total. The number of nitrogens with one attached hydrogen (secondary N) is 1. The molecular weight excluding hydrogens is 292 g/mol. The number of rotatable bonds is 7. The van der Waals surface area contributed by atoms with Gasteiger partial charge in [-0.05, 0) is 30.9 Å². The van der Waals surface area contributed by atoms with Crippen LogP contribution in [0.4, 0.5) is 0 Å². The number of thiophene rings is 2. The highest BCUT2D eigenvalue weighted by molar-refractivity contribution is 7.10. The Labute approximate surface area is 126 Å². The molecule has 108 valence electrons. The van der Waals surface area contributed by atoms with Gasteiger partial charge in [0.2, 0.25) is 5.91 Å². The maximum Gasteiger partial charge on any atom is 0.249 e. The van der Waals surface area contributed by atoms with Gasteiger partial charge in [0.25, 0.3) is 0 Å². The van der Waals surface area contributed by atoms with Gasteiger partial charge in [0, 0.05) is 27.7 Å². The lowest BCUT2D eigenvalue weighted by Crippen LogP contribution is -2.27. The van der Waals surface area contributed by atoms with Gasteiger partial charge in [0.1, 0.15) is 0 Å². The quantitative estimate of drug-likeness (QED) is 0.735. The summed E-state index contributed by atoms with van der Waals surface area (Å²) in [6.45, 7) is 2.72. The summed E-state index contributed by atoms with van der Waals surface area (Å²) in [5, 5.41) is 17.1. The highest BCUT2D eigenvalue weighted by Gasteiger charge is 2.13. The zero-order chi connectivity index (χ0) is 14.5. The summed E-state index contributed by atoms with van der Waals surface area (Å²) in [6.07, 6.45) is 0.233. The van der Waals surface area contributed by atoms with Gasteiger partial charge in [-0.25, -0.2) is 0 Å². The molecule has 4 nitrogen and oxygen atoms in total. The Morgan fingerprint density at radius 1 is 1.50 bits per heavy atom. The Morgan fingerprint density at radius 3 is 2.90 bits per heavy atom. The van der Waals surface area contributed by atoms with Crippen LogP contribution in [-0.2, 0) is 6.54 Å². The van der Waals surface area contributed by atoms with Gasteiger partial charge in [-0.1, -0.05) is 6.07 Å². The van der Waals surface area contributed by atoms with Gasteiger partial charge in [-0.2, -0.15) is 0 Å². The number of carbonyl (C=O) groups excluding carboxylic acids is 1. The predicted molar refractivity (Wildman–Crippen MR) is 83.0 cm³/mol. The third-order valence-electron chi connectivity index (χ3n) is 3.01. The van der Waals surface area contributed by atoms with E-state index in [9.17, 15) is 9.90 Å². The van der Waals surface area contributed by atoms with E-state index in [0.717, 1.165) is 9.75 Å². The molecule has 0 spiro atoms. The van der Waals surface area contributed by atoms with Crippen LogP contribution >= 0.6 is 22.7 Å². The molecule has 0 aliphatic heterocycles. The molecule has 2 unspecified atom stereocenters. The smallest absolute Gasteiger partial charge is 0.249 e. The molecular formula is C14H18N2O2S2. The summed E-state index contributed by atoms with van der Waals surface area (Å²) in [5.74, 6) is -0.395. The monoisotopic (exact) mass is 310 g/mol. The second-order valence-electron chi connectivity index (χ2n) is 4.71. The minimum atomic E-state index is -0.429. The summed E-state index contributed by atoms with van der Waals surface area (Å²) < 4.78 is 0. The van der Waals surface area contributed by atoms with Gasteiger partial charge < -0.3 is 16.2 Å². The number of primary amides is 1. The molecule has 0 saturated carbocycles. The van der Waals surface area contributed by atoms with Crippen LogP contribution in [0.25, 0.3) is 0 Å². The fourth-order valence-electron chi connectivity index (χ4n) is 1.89.